The Bertz CT molecular complexity index is 585. The molecule has 6 nitrogen and oxygen atoms in total. The van der Waals surface area contributed by atoms with Crippen molar-refractivity contribution in [2.24, 2.45) is 0 Å². The van der Waals surface area contributed by atoms with Crippen molar-refractivity contribution in [1.29, 1.82) is 0 Å². The van der Waals surface area contributed by atoms with Gasteiger partial charge in [0.25, 0.3) is 5.22 Å². The van der Waals surface area contributed by atoms with Crippen LogP contribution in [-0.4, -0.2) is 32.9 Å². The quantitative estimate of drug-likeness (QED) is 0.646. The van der Waals surface area contributed by atoms with Gasteiger partial charge in [0, 0.05) is 18.9 Å². The number of nitrogens with zero attached hydrogens (tertiary/aromatic N) is 3. The molecule has 0 saturated carbocycles. The number of aromatic nitrogens is 3. The Morgan fingerprint density at radius 3 is 3.15 bits per heavy atom. The summed E-state index contributed by atoms with van der Waals surface area (Å²) in [5.41, 5.74) is 0.746. The van der Waals surface area contributed by atoms with Crippen LogP contribution in [-0.2, 0) is 4.79 Å². The lowest BCUT2D eigenvalue weighted by Crippen LogP contribution is -2.30. The molecule has 7 heteroatoms. The number of hydrogen-bond donors (Lipinski definition) is 1. The van der Waals surface area contributed by atoms with Crippen molar-refractivity contribution in [3.8, 4) is 11.5 Å². The van der Waals surface area contributed by atoms with E-state index in [2.05, 4.69) is 27.1 Å². The summed E-state index contributed by atoms with van der Waals surface area (Å²) in [6, 6.07) is 3.62. The number of thioether (sulfide) groups is 1. The molecule has 1 N–H and O–H groups in total. The molecule has 0 saturated heterocycles. The van der Waals surface area contributed by atoms with Gasteiger partial charge in [-0.25, -0.2) is 0 Å². The van der Waals surface area contributed by atoms with Crippen molar-refractivity contribution >= 4 is 17.7 Å². The molecule has 0 aromatic carbocycles. The van der Waals surface area contributed by atoms with Crippen molar-refractivity contribution < 1.29 is 9.21 Å². The lowest BCUT2D eigenvalue weighted by atomic mass is 10.3. The summed E-state index contributed by atoms with van der Waals surface area (Å²) in [6.07, 6.45) is 4.94. The summed E-state index contributed by atoms with van der Waals surface area (Å²) < 4.78 is 5.50. The zero-order chi connectivity index (χ0) is 14.4. The number of hydrogen-bond acceptors (Lipinski definition) is 6. The minimum atomic E-state index is -0.322. The van der Waals surface area contributed by atoms with Crippen LogP contribution in [0, 0.1) is 0 Å². The standard InChI is InChI=1S/C13H14N4O2S/c1-3-6-15-11(18)9(2)20-13-17-16-12(19-13)10-5-4-7-14-8-10/h3-5,7-9H,1,6H2,2H3,(H,15,18)/t9-/m0/s1. The molecular formula is C13H14N4O2S. The molecule has 0 spiro atoms. The maximum atomic E-state index is 11.7. The van der Waals surface area contributed by atoms with Gasteiger partial charge >= 0.3 is 0 Å². The van der Waals surface area contributed by atoms with E-state index in [1.54, 1.807) is 31.5 Å². The van der Waals surface area contributed by atoms with Gasteiger partial charge in [0.15, 0.2) is 0 Å². The highest BCUT2D eigenvalue weighted by Crippen LogP contribution is 2.25. The largest absolute Gasteiger partial charge is 0.411 e. The monoisotopic (exact) mass is 290 g/mol. The molecule has 0 radical (unpaired) electrons. The van der Waals surface area contributed by atoms with E-state index in [1.807, 2.05) is 6.07 Å². The first kappa shape index (κ1) is 14.3. The zero-order valence-corrected chi connectivity index (χ0v) is 11.8. The summed E-state index contributed by atoms with van der Waals surface area (Å²) in [6.45, 7) is 5.76. The number of amides is 1. The molecule has 2 aromatic heterocycles. The Morgan fingerprint density at radius 1 is 1.60 bits per heavy atom. The Kier molecular flexibility index (Phi) is 4.89. The summed E-state index contributed by atoms with van der Waals surface area (Å²) >= 11 is 1.21. The Balaban J connectivity index is 1.99. The molecule has 0 aliphatic heterocycles. The van der Waals surface area contributed by atoms with Gasteiger partial charge in [0.2, 0.25) is 11.8 Å². The predicted octanol–water partition coefficient (Wildman–Crippen LogP) is 1.91. The highest BCUT2D eigenvalue weighted by Gasteiger charge is 2.18. The van der Waals surface area contributed by atoms with Crippen molar-refractivity contribution in [2.75, 3.05) is 6.54 Å². The first-order chi connectivity index (χ1) is 9.70. The number of nitrogens with one attached hydrogen (secondary N) is 1. The molecule has 2 heterocycles. The van der Waals surface area contributed by atoms with E-state index >= 15 is 0 Å². The van der Waals surface area contributed by atoms with Gasteiger partial charge < -0.3 is 9.73 Å². The molecule has 2 rings (SSSR count). The minimum Gasteiger partial charge on any atom is -0.411 e. The van der Waals surface area contributed by atoms with E-state index in [1.165, 1.54) is 11.8 Å². The molecule has 0 bridgehead atoms. The van der Waals surface area contributed by atoms with Gasteiger partial charge in [0.05, 0.1) is 10.8 Å². The SMILES string of the molecule is C=CCNC(=O)[C@H](C)Sc1nnc(-c2cccnc2)o1. The average molecular weight is 290 g/mol. The van der Waals surface area contributed by atoms with Crippen molar-refractivity contribution in [3.05, 3.63) is 37.2 Å². The van der Waals surface area contributed by atoms with Gasteiger partial charge in [-0.15, -0.1) is 16.8 Å². The van der Waals surface area contributed by atoms with Crippen molar-refractivity contribution in [2.45, 2.75) is 17.4 Å². The van der Waals surface area contributed by atoms with Crippen LogP contribution in [0.15, 0.2) is 46.8 Å². The van der Waals surface area contributed by atoms with Gasteiger partial charge in [-0.1, -0.05) is 17.8 Å². The number of carbonyl (C=O) groups excluding carboxylic acids is 1. The Labute approximate surface area is 120 Å². The lowest BCUT2D eigenvalue weighted by Gasteiger charge is -2.07. The summed E-state index contributed by atoms with van der Waals surface area (Å²) in [5.74, 6) is 0.287. The molecule has 0 aliphatic carbocycles. The molecule has 20 heavy (non-hydrogen) atoms. The molecule has 2 aromatic rings. The molecular weight excluding hydrogens is 276 g/mol. The van der Waals surface area contributed by atoms with Crippen LogP contribution in [0.5, 0.6) is 0 Å². The van der Waals surface area contributed by atoms with Crippen LogP contribution < -0.4 is 5.32 Å². The van der Waals surface area contributed by atoms with Crippen LogP contribution in [0.25, 0.3) is 11.5 Å². The van der Waals surface area contributed by atoms with Crippen molar-refractivity contribution in [3.63, 3.8) is 0 Å². The van der Waals surface area contributed by atoms with Gasteiger partial charge in [-0.3, -0.25) is 9.78 Å². The van der Waals surface area contributed by atoms with Gasteiger partial charge in [-0.2, -0.15) is 0 Å². The third-order valence-electron chi connectivity index (χ3n) is 2.38. The van der Waals surface area contributed by atoms with E-state index in [0.717, 1.165) is 5.56 Å². The van der Waals surface area contributed by atoms with Crippen molar-refractivity contribution in [1.82, 2.24) is 20.5 Å². The first-order valence-corrected chi connectivity index (χ1v) is 6.88. The fourth-order valence-electron chi connectivity index (χ4n) is 1.38. The fourth-order valence-corrected chi connectivity index (χ4v) is 2.09. The van der Waals surface area contributed by atoms with E-state index in [0.29, 0.717) is 17.7 Å². The summed E-state index contributed by atoms with van der Waals surface area (Å²) in [5, 5.41) is 10.6. The molecule has 104 valence electrons. The lowest BCUT2D eigenvalue weighted by molar-refractivity contribution is -0.120. The molecule has 0 unspecified atom stereocenters. The second-order valence-electron chi connectivity index (χ2n) is 3.91. The minimum absolute atomic E-state index is 0.101. The maximum Gasteiger partial charge on any atom is 0.277 e. The van der Waals surface area contributed by atoms with Gasteiger partial charge in [-0.05, 0) is 19.1 Å². The van der Waals surface area contributed by atoms with Crippen LogP contribution in [0.3, 0.4) is 0 Å². The Hall–Kier alpha value is -2.15. The predicted molar refractivity (Wildman–Crippen MR) is 76.1 cm³/mol. The van der Waals surface area contributed by atoms with Crippen LogP contribution in [0.1, 0.15) is 6.92 Å². The topological polar surface area (TPSA) is 80.9 Å². The summed E-state index contributed by atoms with van der Waals surface area (Å²) in [4.78, 5) is 15.7. The number of carbonyl (C=O) groups is 1. The fraction of sp³-hybridized carbons (Fsp3) is 0.231. The number of rotatable bonds is 6. The van der Waals surface area contributed by atoms with Crippen LogP contribution in [0.2, 0.25) is 0 Å². The first-order valence-electron chi connectivity index (χ1n) is 6.00. The average Bonchev–Trinajstić information content (AvgIpc) is 2.94. The maximum absolute atomic E-state index is 11.7. The summed E-state index contributed by atoms with van der Waals surface area (Å²) in [7, 11) is 0. The van der Waals surface area contributed by atoms with E-state index in [4.69, 9.17) is 4.42 Å². The normalized spacial score (nSPS) is 11.8. The van der Waals surface area contributed by atoms with E-state index in [9.17, 15) is 4.79 Å². The number of pyridine rings is 1. The third kappa shape index (κ3) is 3.67. The molecule has 1 amide bonds. The molecule has 0 aliphatic rings. The van der Waals surface area contributed by atoms with Crippen LogP contribution >= 0.6 is 11.8 Å². The Morgan fingerprint density at radius 2 is 2.45 bits per heavy atom. The zero-order valence-electron chi connectivity index (χ0n) is 10.9. The van der Waals surface area contributed by atoms with Gasteiger partial charge in [0.1, 0.15) is 0 Å². The molecule has 0 fully saturated rings. The van der Waals surface area contributed by atoms with E-state index < -0.39 is 0 Å². The van der Waals surface area contributed by atoms with E-state index in [-0.39, 0.29) is 11.2 Å². The van der Waals surface area contributed by atoms with Crippen LogP contribution in [0.4, 0.5) is 0 Å². The highest BCUT2D eigenvalue weighted by atomic mass is 32.2. The third-order valence-corrected chi connectivity index (χ3v) is 3.32. The highest BCUT2D eigenvalue weighted by molar-refractivity contribution is 8.00. The molecule has 1 atom stereocenters. The smallest absolute Gasteiger partial charge is 0.277 e. The second-order valence-corrected chi connectivity index (χ2v) is 5.20. The second kappa shape index (κ2) is 6.85.